The van der Waals surface area contributed by atoms with Crippen LogP contribution in [0.15, 0.2) is 44.9 Å². The number of aliphatic carboxylic acids is 1. The normalized spacial score (nSPS) is 12.7. The Morgan fingerprint density at radius 1 is 1.38 bits per heavy atom. The van der Waals surface area contributed by atoms with Gasteiger partial charge in [-0.25, -0.2) is 8.42 Å². The number of carbonyl (C=O) groups is 1. The van der Waals surface area contributed by atoms with Crippen molar-refractivity contribution in [3.8, 4) is 5.88 Å². The maximum atomic E-state index is 12.6. The number of ether oxygens (including phenoxy) is 2. The van der Waals surface area contributed by atoms with Gasteiger partial charge in [0.1, 0.15) is 6.61 Å². The smallest absolute Gasteiger partial charge is 0.415 e. The van der Waals surface area contributed by atoms with Crippen LogP contribution in [0, 0.1) is 5.21 Å². The maximum Gasteiger partial charge on any atom is 0.415 e. The van der Waals surface area contributed by atoms with E-state index in [-0.39, 0.29) is 29.4 Å². The van der Waals surface area contributed by atoms with E-state index in [1.807, 2.05) is 0 Å². The monoisotopic (exact) mass is 386 g/mol. The van der Waals surface area contributed by atoms with Crippen molar-refractivity contribution in [1.82, 2.24) is 5.16 Å². The molecule has 142 valence electrons. The van der Waals surface area contributed by atoms with Gasteiger partial charge in [0, 0.05) is 13.0 Å². The predicted octanol–water partition coefficient (Wildman–Crippen LogP) is 0.790. The summed E-state index contributed by atoms with van der Waals surface area (Å²) in [4.78, 5) is 10.1. The zero-order valence-electron chi connectivity index (χ0n) is 13.9. The molecule has 2 rings (SSSR count). The summed E-state index contributed by atoms with van der Waals surface area (Å²) in [5.74, 6) is -1.39. The fraction of sp³-hybridized carbons (Fsp3) is 0.400. The van der Waals surface area contributed by atoms with Crippen LogP contribution in [0.4, 0.5) is 0 Å². The molecule has 1 aromatic heterocycles. The Kier molecular flexibility index (Phi) is 6.52. The van der Waals surface area contributed by atoms with Crippen molar-refractivity contribution >= 4 is 15.8 Å². The summed E-state index contributed by atoms with van der Waals surface area (Å²) >= 11 is 0. The van der Waals surface area contributed by atoms with Crippen LogP contribution in [0.25, 0.3) is 0 Å². The minimum Gasteiger partial charge on any atom is -0.481 e. The molecule has 1 aromatic carbocycles. The van der Waals surface area contributed by atoms with E-state index in [2.05, 4.69) is 9.79 Å². The van der Waals surface area contributed by atoms with E-state index in [1.54, 1.807) is 13.0 Å². The molecule has 0 aliphatic heterocycles. The fourth-order valence-corrected chi connectivity index (χ4v) is 3.29. The number of rotatable bonds is 10. The third-order valence-electron chi connectivity index (χ3n) is 3.25. The van der Waals surface area contributed by atoms with E-state index in [0.717, 1.165) is 0 Å². The van der Waals surface area contributed by atoms with E-state index in [9.17, 15) is 18.4 Å². The molecule has 1 unspecified atom stereocenters. The van der Waals surface area contributed by atoms with Crippen molar-refractivity contribution < 1.29 is 37.3 Å². The third-order valence-corrected chi connectivity index (χ3v) is 4.97. The van der Waals surface area contributed by atoms with E-state index in [4.69, 9.17) is 14.6 Å². The highest BCUT2D eigenvalue weighted by molar-refractivity contribution is 7.91. The van der Waals surface area contributed by atoms with Gasteiger partial charge in [0.25, 0.3) is 9.84 Å². The van der Waals surface area contributed by atoms with E-state index >= 15 is 0 Å². The molecule has 1 N–H and O–H groups in total. The minimum atomic E-state index is -4.17. The first-order chi connectivity index (χ1) is 12.3. The van der Waals surface area contributed by atoms with Crippen molar-refractivity contribution in [2.45, 2.75) is 35.8 Å². The highest BCUT2D eigenvalue weighted by atomic mass is 32.2. The van der Waals surface area contributed by atoms with Crippen molar-refractivity contribution in [2.24, 2.45) is 0 Å². The molecular formula is C15H18N2O8S. The SMILES string of the molecule is CC(COc1no[n+]([O-])c1S(=O)(=O)c1ccccc1)OCCCC(=O)O. The van der Waals surface area contributed by atoms with Crippen LogP contribution in [0.1, 0.15) is 19.8 Å². The summed E-state index contributed by atoms with van der Waals surface area (Å²) in [5.41, 5.74) is 0. The Labute approximate surface area is 149 Å². The third kappa shape index (κ3) is 4.92. The Morgan fingerprint density at radius 3 is 2.73 bits per heavy atom. The Balaban J connectivity index is 2.03. The van der Waals surface area contributed by atoms with Crippen LogP contribution in [0.2, 0.25) is 0 Å². The van der Waals surface area contributed by atoms with Crippen LogP contribution in [-0.2, 0) is 19.4 Å². The Bertz CT molecular complexity index is 835. The number of benzene rings is 1. The summed E-state index contributed by atoms with van der Waals surface area (Å²) < 4.78 is 40.1. The van der Waals surface area contributed by atoms with Crippen LogP contribution >= 0.6 is 0 Å². The number of carboxylic acids is 1. The average molecular weight is 386 g/mol. The van der Waals surface area contributed by atoms with Gasteiger partial charge in [-0.05, 0) is 30.4 Å². The fourth-order valence-electron chi connectivity index (χ4n) is 1.99. The molecule has 2 aromatic rings. The van der Waals surface area contributed by atoms with Gasteiger partial charge in [0.15, 0.2) is 0 Å². The molecule has 0 aliphatic carbocycles. The average Bonchev–Trinajstić information content (AvgIpc) is 2.99. The molecule has 1 heterocycles. The second-order valence-electron chi connectivity index (χ2n) is 5.35. The predicted molar refractivity (Wildman–Crippen MR) is 85.1 cm³/mol. The van der Waals surface area contributed by atoms with Gasteiger partial charge < -0.3 is 19.8 Å². The van der Waals surface area contributed by atoms with Gasteiger partial charge in [-0.3, -0.25) is 9.42 Å². The summed E-state index contributed by atoms with van der Waals surface area (Å²) in [6, 6.07) is 7.34. The van der Waals surface area contributed by atoms with Crippen LogP contribution in [0.5, 0.6) is 5.88 Å². The standard InChI is InChI=1S/C15H18N2O8S/c1-11(23-9-5-8-13(18)19)10-24-14-15(17(20)25-16-14)26(21,22)12-6-3-2-4-7-12/h2-4,6-7,11H,5,8-10H2,1H3,(H,18,19). The number of carboxylic acid groups (broad SMARTS) is 1. The van der Waals surface area contributed by atoms with Gasteiger partial charge in [-0.15, -0.1) is 0 Å². The van der Waals surface area contributed by atoms with Crippen LogP contribution in [0.3, 0.4) is 0 Å². The van der Waals surface area contributed by atoms with Gasteiger partial charge in [0.05, 0.1) is 16.2 Å². The summed E-state index contributed by atoms with van der Waals surface area (Å²) in [6.45, 7) is 1.75. The zero-order valence-corrected chi connectivity index (χ0v) is 14.7. The van der Waals surface area contributed by atoms with Gasteiger partial charge in [-0.1, -0.05) is 18.2 Å². The van der Waals surface area contributed by atoms with E-state index in [1.165, 1.54) is 24.3 Å². The molecule has 11 heteroatoms. The van der Waals surface area contributed by atoms with Crippen molar-refractivity contribution in [3.63, 3.8) is 0 Å². The quantitative estimate of drug-likeness (QED) is 0.463. The molecule has 0 saturated heterocycles. The number of sulfone groups is 1. The number of aromatic nitrogens is 2. The molecule has 0 radical (unpaired) electrons. The number of hydrogen-bond acceptors (Lipinski definition) is 8. The molecule has 0 saturated carbocycles. The Morgan fingerprint density at radius 2 is 2.08 bits per heavy atom. The van der Waals surface area contributed by atoms with Crippen molar-refractivity contribution in [1.29, 1.82) is 0 Å². The largest absolute Gasteiger partial charge is 0.481 e. The molecule has 0 fully saturated rings. The molecule has 1 atom stereocenters. The molecule has 0 bridgehead atoms. The number of nitrogens with zero attached hydrogens (tertiary/aromatic N) is 2. The first kappa shape index (κ1) is 19.7. The lowest BCUT2D eigenvalue weighted by Crippen LogP contribution is -2.31. The minimum absolute atomic E-state index is 0.0213. The van der Waals surface area contributed by atoms with Gasteiger partial charge >= 0.3 is 16.9 Å². The first-order valence-corrected chi connectivity index (χ1v) is 9.16. The molecule has 0 spiro atoms. The Hall–Kier alpha value is -2.66. The second kappa shape index (κ2) is 8.63. The lowest BCUT2D eigenvalue weighted by Gasteiger charge is -2.11. The van der Waals surface area contributed by atoms with E-state index in [0.29, 0.717) is 6.42 Å². The maximum absolute atomic E-state index is 12.6. The van der Waals surface area contributed by atoms with E-state index < -0.39 is 32.8 Å². The first-order valence-electron chi connectivity index (χ1n) is 7.68. The van der Waals surface area contributed by atoms with Gasteiger partial charge in [-0.2, -0.15) is 0 Å². The molecule has 0 aliphatic rings. The molecular weight excluding hydrogens is 368 g/mol. The van der Waals surface area contributed by atoms with Crippen LogP contribution < -0.4 is 9.64 Å². The van der Waals surface area contributed by atoms with Crippen LogP contribution in [-0.4, -0.2) is 44.0 Å². The highest BCUT2D eigenvalue weighted by Gasteiger charge is 2.35. The molecule has 10 nitrogen and oxygen atoms in total. The number of hydrogen-bond donors (Lipinski definition) is 1. The van der Waals surface area contributed by atoms with Crippen molar-refractivity contribution in [3.05, 3.63) is 35.5 Å². The van der Waals surface area contributed by atoms with Gasteiger partial charge in [0.2, 0.25) is 0 Å². The lowest BCUT2D eigenvalue weighted by molar-refractivity contribution is -0.832. The summed E-state index contributed by atoms with van der Waals surface area (Å²) in [7, 11) is -4.17. The highest BCUT2D eigenvalue weighted by Crippen LogP contribution is 2.25. The molecule has 26 heavy (non-hydrogen) atoms. The summed E-state index contributed by atoms with van der Waals surface area (Å²) in [6.07, 6.45) is -0.169. The lowest BCUT2D eigenvalue weighted by atomic mass is 10.3. The summed E-state index contributed by atoms with van der Waals surface area (Å²) in [5, 5.41) is 22.9. The molecule has 0 amide bonds. The topological polar surface area (TPSA) is 143 Å². The van der Waals surface area contributed by atoms with Crippen molar-refractivity contribution in [2.75, 3.05) is 13.2 Å². The zero-order chi connectivity index (χ0) is 19.2. The second-order valence-corrected chi connectivity index (χ2v) is 7.21.